The maximum atomic E-state index is 12.8. The molecule has 0 heterocycles. The molecule has 11 nitrogen and oxygen atoms in total. The minimum Gasteiger partial charge on any atom is -0.406 e. The SMILES string of the molecule is CC(C)(C)OP(=O)(OCOC(=O)OCOP(=O)(OC(C)(C)C)OC(C)(C)C)OC(C)(C)C. The molecule has 0 unspecified atom stereocenters. The van der Waals surface area contributed by atoms with E-state index in [0.717, 1.165) is 0 Å². The van der Waals surface area contributed by atoms with E-state index in [2.05, 4.69) is 0 Å². The highest BCUT2D eigenvalue weighted by Crippen LogP contribution is 2.56. The summed E-state index contributed by atoms with van der Waals surface area (Å²) in [5.41, 5.74) is -3.40. The van der Waals surface area contributed by atoms with Gasteiger partial charge in [0.05, 0.1) is 22.4 Å². The molecule has 0 aliphatic rings. The molecule has 0 fully saturated rings. The highest BCUT2D eigenvalue weighted by Gasteiger charge is 2.39. The predicted molar refractivity (Wildman–Crippen MR) is 118 cm³/mol. The fourth-order valence-corrected chi connectivity index (χ4v) is 5.14. The van der Waals surface area contributed by atoms with Gasteiger partial charge in [-0.3, -0.25) is 18.1 Å². The Bertz CT molecular complexity index is 596. The Balaban J connectivity index is 4.84. The Kier molecular flexibility index (Phi) is 11.1. The topological polar surface area (TPSA) is 125 Å². The zero-order valence-electron chi connectivity index (χ0n) is 21.3. The van der Waals surface area contributed by atoms with Crippen molar-refractivity contribution in [1.82, 2.24) is 0 Å². The Morgan fingerprint density at radius 2 is 0.750 bits per heavy atom. The molecule has 13 heteroatoms. The molecule has 0 saturated carbocycles. The van der Waals surface area contributed by atoms with E-state index in [4.69, 9.17) is 36.6 Å². The fraction of sp³-hybridized carbons (Fsp3) is 0.947. The molecular weight excluding hydrogens is 466 g/mol. The van der Waals surface area contributed by atoms with Gasteiger partial charge in [0.25, 0.3) is 0 Å². The van der Waals surface area contributed by atoms with Crippen molar-refractivity contribution in [3.63, 3.8) is 0 Å². The summed E-state index contributed by atoms with van der Waals surface area (Å²) in [5, 5.41) is 0. The van der Waals surface area contributed by atoms with Crippen molar-refractivity contribution in [2.45, 2.75) is 105 Å². The van der Waals surface area contributed by atoms with Crippen LogP contribution in [0.15, 0.2) is 0 Å². The molecule has 0 spiro atoms. The third-order valence-electron chi connectivity index (χ3n) is 2.32. The summed E-state index contributed by atoms with van der Waals surface area (Å²) in [7, 11) is -8.13. The van der Waals surface area contributed by atoms with Crippen molar-refractivity contribution in [1.29, 1.82) is 0 Å². The largest absolute Gasteiger partial charge is 0.512 e. The van der Waals surface area contributed by atoms with Crippen LogP contribution in [0.1, 0.15) is 83.1 Å². The predicted octanol–water partition coefficient (Wildman–Crippen LogP) is 6.56. The maximum absolute atomic E-state index is 12.8. The van der Waals surface area contributed by atoms with Crippen LogP contribution in [-0.2, 0) is 45.7 Å². The van der Waals surface area contributed by atoms with Crippen molar-refractivity contribution >= 4 is 21.8 Å². The summed E-state index contributed by atoms with van der Waals surface area (Å²) in [6.07, 6.45) is -1.24. The molecule has 0 aromatic heterocycles. The Morgan fingerprint density at radius 1 is 0.531 bits per heavy atom. The van der Waals surface area contributed by atoms with Gasteiger partial charge in [-0.05, 0) is 83.1 Å². The molecule has 0 saturated heterocycles. The minimum absolute atomic E-state index is 0.781. The fourth-order valence-electron chi connectivity index (χ4n) is 1.80. The van der Waals surface area contributed by atoms with Gasteiger partial charge in [-0.15, -0.1) is 0 Å². The van der Waals surface area contributed by atoms with Crippen LogP contribution < -0.4 is 0 Å². The van der Waals surface area contributed by atoms with Crippen LogP contribution in [0.25, 0.3) is 0 Å². The molecule has 0 N–H and O–H groups in total. The van der Waals surface area contributed by atoms with E-state index < -0.39 is 57.8 Å². The first-order chi connectivity index (χ1) is 13.9. The van der Waals surface area contributed by atoms with Gasteiger partial charge >= 0.3 is 21.8 Å². The van der Waals surface area contributed by atoms with E-state index in [0.29, 0.717) is 0 Å². The smallest absolute Gasteiger partial charge is 0.406 e. The highest BCUT2D eigenvalue weighted by atomic mass is 31.2. The van der Waals surface area contributed by atoms with Crippen LogP contribution in [0.5, 0.6) is 0 Å². The van der Waals surface area contributed by atoms with Crippen molar-refractivity contribution in [2.75, 3.05) is 13.6 Å². The first-order valence-corrected chi connectivity index (χ1v) is 13.0. The van der Waals surface area contributed by atoms with Crippen LogP contribution in [0.4, 0.5) is 4.79 Å². The lowest BCUT2D eigenvalue weighted by Gasteiger charge is -2.30. The van der Waals surface area contributed by atoms with E-state index in [1.807, 2.05) is 0 Å². The Hall–Kier alpha value is -0.510. The quantitative estimate of drug-likeness (QED) is 0.181. The molecule has 32 heavy (non-hydrogen) atoms. The van der Waals surface area contributed by atoms with Crippen LogP contribution in [0.3, 0.4) is 0 Å². The Labute approximate surface area is 191 Å². The zero-order valence-corrected chi connectivity index (χ0v) is 23.1. The van der Waals surface area contributed by atoms with Crippen LogP contribution in [0, 0.1) is 0 Å². The van der Waals surface area contributed by atoms with Crippen molar-refractivity contribution in [2.24, 2.45) is 0 Å². The number of phosphoric ester groups is 2. The molecule has 0 aromatic carbocycles. The summed E-state index contributed by atoms with van der Waals surface area (Å²) in [6.45, 7) is 18.4. The number of carbonyl (C=O) groups is 1. The number of phosphoric acid groups is 2. The first-order valence-electron chi connectivity index (χ1n) is 10.0. The van der Waals surface area contributed by atoms with Crippen LogP contribution in [0.2, 0.25) is 0 Å². The average Bonchev–Trinajstić information content (AvgIpc) is 2.37. The zero-order chi connectivity index (χ0) is 25.6. The van der Waals surface area contributed by atoms with Gasteiger partial charge in [0.15, 0.2) is 0 Å². The van der Waals surface area contributed by atoms with Gasteiger partial charge in [0.1, 0.15) is 0 Å². The van der Waals surface area contributed by atoms with E-state index >= 15 is 0 Å². The molecule has 0 amide bonds. The Morgan fingerprint density at radius 3 is 0.938 bits per heavy atom. The molecule has 0 aromatic rings. The van der Waals surface area contributed by atoms with Gasteiger partial charge in [-0.2, -0.15) is 0 Å². The summed E-state index contributed by atoms with van der Waals surface area (Å²) < 4.78 is 66.8. The van der Waals surface area contributed by atoms with Crippen molar-refractivity contribution in [3.05, 3.63) is 0 Å². The second-order valence-electron chi connectivity index (χ2n) is 10.7. The first kappa shape index (κ1) is 31.5. The van der Waals surface area contributed by atoms with Crippen molar-refractivity contribution < 1.29 is 50.5 Å². The number of hydrogen-bond acceptors (Lipinski definition) is 11. The van der Waals surface area contributed by atoms with E-state index in [9.17, 15) is 13.9 Å². The summed E-state index contributed by atoms with van der Waals surface area (Å²) >= 11 is 0. The number of carbonyl (C=O) groups excluding carboxylic acids is 1. The van der Waals surface area contributed by atoms with E-state index in [1.165, 1.54) is 0 Å². The average molecular weight is 506 g/mol. The normalized spacial score (nSPS) is 14.4. The van der Waals surface area contributed by atoms with Gasteiger partial charge < -0.3 is 9.47 Å². The van der Waals surface area contributed by atoms with E-state index in [-0.39, 0.29) is 0 Å². The molecule has 0 rings (SSSR count). The number of ether oxygens (including phenoxy) is 2. The molecule has 0 radical (unpaired) electrons. The second kappa shape index (κ2) is 11.3. The van der Waals surface area contributed by atoms with Gasteiger partial charge in [0.2, 0.25) is 13.6 Å². The number of rotatable bonds is 10. The van der Waals surface area contributed by atoms with Crippen molar-refractivity contribution in [3.8, 4) is 0 Å². The lowest BCUT2D eigenvalue weighted by molar-refractivity contribution is -0.0650. The minimum atomic E-state index is -4.07. The summed E-state index contributed by atoms with van der Waals surface area (Å²) in [6, 6.07) is 0. The lowest BCUT2D eigenvalue weighted by Crippen LogP contribution is -2.26. The number of hydrogen-bond donors (Lipinski definition) is 0. The van der Waals surface area contributed by atoms with Crippen LogP contribution in [-0.4, -0.2) is 42.1 Å². The van der Waals surface area contributed by atoms with Gasteiger partial charge in [-0.1, -0.05) is 0 Å². The third kappa shape index (κ3) is 17.0. The highest BCUT2D eigenvalue weighted by molar-refractivity contribution is 7.48. The molecule has 192 valence electrons. The monoisotopic (exact) mass is 506 g/mol. The second-order valence-corrected chi connectivity index (χ2v) is 13.8. The summed E-state index contributed by atoms with van der Waals surface area (Å²) in [4.78, 5) is 11.8. The standard InChI is InChI=1S/C19H40O11P2/c1-16(2,3)27-31(21,28-17(4,5)6)25-13-23-15(20)24-14-26-32(22,29-18(7,8)9)30-19(10,11)12/h13-14H2,1-12H3. The molecule has 0 bridgehead atoms. The summed E-state index contributed by atoms with van der Waals surface area (Å²) in [5.74, 6) is 0. The van der Waals surface area contributed by atoms with Crippen LogP contribution >= 0.6 is 15.6 Å². The lowest BCUT2D eigenvalue weighted by atomic mass is 10.2. The maximum Gasteiger partial charge on any atom is 0.512 e. The molecule has 0 aliphatic carbocycles. The molecular formula is C19H40O11P2. The molecule has 0 atom stereocenters. The van der Waals surface area contributed by atoms with Gasteiger partial charge in [-0.25, -0.2) is 23.0 Å². The third-order valence-corrected chi connectivity index (χ3v) is 6.25. The van der Waals surface area contributed by atoms with E-state index in [1.54, 1.807) is 83.1 Å². The molecule has 0 aliphatic heterocycles. The van der Waals surface area contributed by atoms with Gasteiger partial charge in [0, 0.05) is 0 Å².